The number of nitrogens with zero attached hydrogens (tertiary/aromatic N) is 1. The highest BCUT2D eigenvalue weighted by Crippen LogP contribution is 1.91. The van der Waals surface area contributed by atoms with E-state index < -0.39 is 0 Å². The Morgan fingerprint density at radius 1 is 1.88 bits per heavy atom. The summed E-state index contributed by atoms with van der Waals surface area (Å²) in [5.41, 5.74) is 5.27. The maximum absolute atomic E-state index is 5.27. The van der Waals surface area contributed by atoms with Crippen LogP contribution in [0.1, 0.15) is 6.92 Å². The molecule has 0 aliphatic carbocycles. The van der Waals surface area contributed by atoms with Crippen molar-refractivity contribution >= 4 is 29.2 Å². The van der Waals surface area contributed by atoms with Crippen LogP contribution in [0.4, 0.5) is 0 Å². The molecule has 0 saturated heterocycles. The lowest BCUT2D eigenvalue weighted by Gasteiger charge is -2.16. The van der Waals surface area contributed by atoms with Crippen molar-refractivity contribution in [1.82, 2.24) is 4.90 Å². The Labute approximate surface area is 60.4 Å². The second-order valence-corrected chi connectivity index (χ2v) is 2.43. The summed E-state index contributed by atoms with van der Waals surface area (Å²) in [5.74, 6) is 0. The lowest BCUT2D eigenvalue weighted by atomic mass is 10.7. The van der Waals surface area contributed by atoms with Crippen LogP contribution in [0.15, 0.2) is 0 Å². The van der Waals surface area contributed by atoms with E-state index in [9.17, 15) is 0 Å². The minimum atomic E-state index is 0.457. The molecule has 0 atom stereocenters. The van der Waals surface area contributed by atoms with Gasteiger partial charge in [-0.2, -0.15) is 0 Å². The molecule has 0 radical (unpaired) electrons. The third-order valence-corrected chi connectivity index (χ3v) is 1.41. The van der Waals surface area contributed by atoms with Gasteiger partial charge in [-0.3, -0.25) is 0 Å². The largest absolute Gasteiger partial charge is 0.345 e. The highest BCUT2D eigenvalue weighted by atomic mass is 32.1. The van der Waals surface area contributed by atoms with Crippen LogP contribution >= 0.6 is 24.8 Å². The highest BCUT2D eigenvalue weighted by molar-refractivity contribution is 8.10. The van der Waals surface area contributed by atoms with Crippen LogP contribution < -0.4 is 5.73 Å². The summed E-state index contributed by atoms with van der Waals surface area (Å²) in [6, 6.07) is 0. The van der Waals surface area contributed by atoms with E-state index in [2.05, 4.69) is 12.6 Å². The summed E-state index contributed by atoms with van der Waals surface area (Å²) in [5, 5.41) is 0. The van der Waals surface area contributed by atoms with Crippen LogP contribution in [0, 0.1) is 0 Å². The lowest BCUT2D eigenvalue weighted by Crippen LogP contribution is -2.31. The van der Waals surface area contributed by atoms with Crippen molar-refractivity contribution in [2.45, 2.75) is 6.92 Å². The van der Waals surface area contributed by atoms with Crippen molar-refractivity contribution in [2.24, 2.45) is 5.73 Å². The van der Waals surface area contributed by atoms with E-state index in [0.717, 1.165) is 6.54 Å². The molecule has 2 N–H and O–H groups in total. The molecule has 0 unspecified atom stereocenters. The molecular formula is C4H10N2S2. The number of hydrogen-bond acceptors (Lipinski definition) is 2. The van der Waals surface area contributed by atoms with Gasteiger partial charge in [0.05, 0.1) is 6.67 Å². The van der Waals surface area contributed by atoms with Gasteiger partial charge < -0.3 is 10.6 Å². The van der Waals surface area contributed by atoms with Crippen LogP contribution in [0.3, 0.4) is 0 Å². The molecule has 4 heteroatoms. The Hall–Kier alpha value is 0.200. The molecule has 8 heavy (non-hydrogen) atoms. The lowest BCUT2D eigenvalue weighted by molar-refractivity contribution is 0.471. The Morgan fingerprint density at radius 3 is 2.38 bits per heavy atom. The van der Waals surface area contributed by atoms with Crippen molar-refractivity contribution in [3.63, 3.8) is 0 Å². The van der Waals surface area contributed by atoms with Gasteiger partial charge in [0.15, 0.2) is 0 Å². The van der Waals surface area contributed by atoms with E-state index in [1.54, 1.807) is 4.90 Å². The van der Waals surface area contributed by atoms with Gasteiger partial charge in [-0.15, -0.1) is 12.6 Å². The average Bonchev–Trinajstić information content (AvgIpc) is 1.69. The van der Waals surface area contributed by atoms with E-state index in [1.807, 2.05) is 6.92 Å². The van der Waals surface area contributed by atoms with Crippen molar-refractivity contribution in [1.29, 1.82) is 0 Å². The van der Waals surface area contributed by atoms with E-state index in [-0.39, 0.29) is 0 Å². The zero-order chi connectivity index (χ0) is 6.57. The molecule has 0 aliphatic heterocycles. The molecule has 0 spiro atoms. The van der Waals surface area contributed by atoms with Crippen molar-refractivity contribution in [2.75, 3.05) is 13.2 Å². The second kappa shape index (κ2) is 4.12. The molecule has 0 aliphatic rings. The van der Waals surface area contributed by atoms with Crippen LogP contribution in [-0.4, -0.2) is 22.4 Å². The molecule has 0 aromatic heterocycles. The molecular weight excluding hydrogens is 140 g/mol. The molecule has 2 nitrogen and oxygen atoms in total. The predicted octanol–water partition coefficient (Wildman–Crippen LogP) is 0.439. The number of thiol groups is 1. The molecule has 0 saturated carbocycles. The van der Waals surface area contributed by atoms with E-state index >= 15 is 0 Å². The Kier molecular flexibility index (Phi) is 4.22. The van der Waals surface area contributed by atoms with E-state index in [0.29, 0.717) is 11.0 Å². The predicted molar refractivity (Wildman–Crippen MR) is 43.0 cm³/mol. The molecule has 48 valence electrons. The average molecular weight is 150 g/mol. The van der Waals surface area contributed by atoms with Crippen LogP contribution in [-0.2, 0) is 0 Å². The zero-order valence-electron chi connectivity index (χ0n) is 4.79. The Morgan fingerprint density at radius 2 is 2.38 bits per heavy atom. The monoisotopic (exact) mass is 150 g/mol. The van der Waals surface area contributed by atoms with Gasteiger partial charge in [0, 0.05) is 6.54 Å². The minimum Gasteiger partial charge on any atom is -0.345 e. The van der Waals surface area contributed by atoms with Crippen molar-refractivity contribution in [3.8, 4) is 0 Å². The van der Waals surface area contributed by atoms with Crippen molar-refractivity contribution in [3.05, 3.63) is 0 Å². The molecule has 0 rings (SSSR count). The number of rotatable bonds is 2. The minimum absolute atomic E-state index is 0.457. The standard InChI is InChI=1S/C4H10N2S2/c1-2-6(3-5)4(7)8/h2-3,5H2,1H3,(H,7,8). The van der Waals surface area contributed by atoms with E-state index in [4.69, 9.17) is 18.0 Å². The summed E-state index contributed by atoms with van der Waals surface area (Å²) in [4.78, 5) is 1.79. The van der Waals surface area contributed by atoms with Crippen molar-refractivity contribution < 1.29 is 0 Å². The first-order valence-electron chi connectivity index (χ1n) is 2.40. The first-order valence-corrected chi connectivity index (χ1v) is 3.25. The molecule has 0 fully saturated rings. The third kappa shape index (κ3) is 2.49. The fourth-order valence-electron chi connectivity index (χ4n) is 0.342. The summed E-state index contributed by atoms with van der Waals surface area (Å²) in [6.45, 7) is 3.27. The van der Waals surface area contributed by atoms with Crippen LogP contribution in [0.25, 0.3) is 0 Å². The first-order chi connectivity index (χ1) is 3.72. The third-order valence-electron chi connectivity index (χ3n) is 0.873. The van der Waals surface area contributed by atoms with Gasteiger partial charge in [-0.05, 0) is 6.92 Å². The molecule has 0 bridgehead atoms. The number of hydrogen-bond donors (Lipinski definition) is 2. The highest BCUT2D eigenvalue weighted by Gasteiger charge is 1.96. The summed E-state index contributed by atoms with van der Waals surface area (Å²) < 4.78 is 0.565. The van der Waals surface area contributed by atoms with E-state index in [1.165, 1.54) is 0 Å². The summed E-state index contributed by atoms with van der Waals surface area (Å²) >= 11 is 8.66. The second-order valence-electron chi connectivity index (χ2n) is 1.32. The topological polar surface area (TPSA) is 29.3 Å². The quantitative estimate of drug-likeness (QED) is 0.340. The van der Waals surface area contributed by atoms with Gasteiger partial charge in [0.1, 0.15) is 4.32 Å². The fourth-order valence-corrected chi connectivity index (χ4v) is 0.769. The Balaban J connectivity index is 3.52. The molecule has 0 heterocycles. The maximum atomic E-state index is 5.27. The molecule has 0 amide bonds. The van der Waals surface area contributed by atoms with Gasteiger partial charge in [0.25, 0.3) is 0 Å². The van der Waals surface area contributed by atoms with Gasteiger partial charge >= 0.3 is 0 Å². The molecule has 0 aromatic carbocycles. The van der Waals surface area contributed by atoms with Gasteiger partial charge in [-0.1, -0.05) is 12.2 Å². The van der Waals surface area contributed by atoms with Crippen LogP contribution in [0.5, 0.6) is 0 Å². The molecule has 0 aromatic rings. The Bertz CT molecular complexity index is 80.1. The summed E-state index contributed by atoms with van der Waals surface area (Å²) in [6.07, 6.45) is 0. The normalized spacial score (nSPS) is 8.88. The first kappa shape index (κ1) is 8.20. The number of thiocarbonyl (C=S) groups is 1. The number of nitrogens with two attached hydrogens (primary N) is 1. The maximum Gasteiger partial charge on any atom is 0.134 e. The smallest absolute Gasteiger partial charge is 0.134 e. The summed E-state index contributed by atoms with van der Waals surface area (Å²) in [7, 11) is 0. The van der Waals surface area contributed by atoms with Gasteiger partial charge in [-0.25, -0.2) is 0 Å². The fraction of sp³-hybridized carbons (Fsp3) is 0.750. The SMILES string of the molecule is CCN(CN)C(=S)S. The van der Waals surface area contributed by atoms with Crippen LogP contribution in [0.2, 0.25) is 0 Å². The van der Waals surface area contributed by atoms with Gasteiger partial charge in [0.2, 0.25) is 0 Å². The zero-order valence-corrected chi connectivity index (χ0v) is 6.51.